The predicted octanol–water partition coefficient (Wildman–Crippen LogP) is 3.06. The Morgan fingerprint density at radius 1 is 1.08 bits per heavy atom. The summed E-state index contributed by atoms with van der Waals surface area (Å²) in [7, 11) is 0. The third-order valence-corrected chi connectivity index (χ3v) is 5.77. The van der Waals surface area contributed by atoms with Crippen molar-refractivity contribution < 1.29 is 0 Å². The van der Waals surface area contributed by atoms with Crippen LogP contribution in [0.4, 0.5) is 5.82 Å². The van der Waals surface area contributed by atoms with Crippen LogP contribution in [0.5, 0.6) is 0 Å². The van der Waals surface area contributed by atoms with Gasteiger partial charge < -0.3 is 4.90 Å². The molecule has 2 aromatic rings. The highest BCUT2D eigenvalue weighted by atomic mass is 15.2. The Bertz CT molecular complexity index is 694. The second-order valence-corrected chi connectivity index (χ2v) is 7.64. The maximum absolute atomic E-state index is 4.69. The second kappa shape index (κ2) is 7.08. The Labute approximate surface area is 150 Å². The Morgan fingerprint density at radius 3 is 2.72 bits per heavy atom. The Balaban J connectivity index is 1.38. The molecule has 0 amide bonds. The van der Waals surface area contributed by atoms with Gasteiger partial charge in [0.15, 0.2) is 0 Å². The van der Waals surface area contributed by atoms with Crippen LogP contribution in [0.3, 0.4) is 0 Å². The van der Waals surface area contributed by atoms with Crippen molar-refractivity contribution in [2.24, 2.45) is 5.41 Å². The van der Waals surface area contributed by atoms with Crippen LogP contribution in [0, 0.1) is 12.3 Å². The lowest BCUT2D eigenvalue weighted by Gasteiger charge is -2.48. The van der Waals surface area contributed by atoms with Gasteiger partial charge in [-0.25, -0.2) is 4.98 Å². The fourth-order valence-electron chi connectivity index (χ4n) is 4.43. The fourth-order valence-corrected chi connectivity index (χ4v) is 4.43. The van der Waals surface area contributed by atoms with Gasteiger partial charge in [0.25, 0.3) is 0 Å². The monoisotopic (exact) mass is 337 g/mol. The molecular formula is C20H27N5. The van der Waals surface area contributed by atoms with Gasteiger partial charge in [0, 0.05) is 44.3 Å². The van der Waals surface area contributed by atoms with Gasteiger partial charge in [0.05, 0.1) is 11.9 Å². The van der Waals surface area contributed by atoms with Crippen LogP contribution in [-0.4, -0.2) is 46.0 Å². The average molecular weight is 337 g/mol. The summed E-state index contributed by atoms with van der Waals surface area (Å²) in [6.45, 7) is 7.65. The standard InChI is InChI=1S/C20H27N5/c1-17-4-2-5-18(23-17)15-24-11-3-6-20(16-24)7-12-25(13-8-20)19-14-21-9-10-22-19/h2,4-5,9-10,14H,3,6-8,11-13,15-16H2,1H3. The molecule has 0 radical (unpaired) electrons. The van der Waals surface area contributed by atoms with Gasteiger partial charge in [-0.3, -0.25) is 14.9 Å². The topological polar surface area (TPSA) is 45.2 Å². The molecule has 2 aromatic heterocycles. The summed E-state index contributed by atoms with van der Waals surface area (Å²) in [5, 5.41) is 0. The van der Waals surface area contributed by atoms with Crippen LogP contribution in [0.2, 0.25) is 0 Å². The van der Waals surface area contributed by atoms with Crippen LogP contribution in [0.15, 0.2) is 36.8 Å². The van der Waals surface area contributed by atoms with Gasteiger partial charge >= 0.3 is 0 Å². The molecule has 5 nitrogen and oxygen atoms in total. The number of rotatable bonds is 3. The summed E-state index contributed by atoms with van der Waals surface area (Å²) < 4.78 is 0. The molecule has 5 heteroatoms. The van der Waals surface area contributed by atoms with E-state index in [1.54, 1.807) is 12.4 Å². The molecule has 1 spiro atoms. The SMILES string of the molecule is Cc1cccc(CN2CCCC3(CCN(c4cnccn4)CC3)C2)n1. The van der Waals surface area contributed by atoms with Crippen molar-refractivity contribution >= 4 is 5.82 Å². The first kappa shape index (κ1) is 16.5. The van der Waals surface area contributed by atoms with E-state index < -0.39 is 0 Å². The third kappa shape index (κ3) is 3.82. The summed E-state index contributed by atoms with van der Waals surface area (Å²) in [5.74, 6) is 1.02. The van der Waals surface area contributed by atoms with Crippen molar-refractivity contribution in [3.8, 4) is 0 Å². The minimum atomic E-state index is 0.473. The number of nitrogens with zero attached hydrogens (tertiary/aromatic N) is 5. The van der Waals surface area contributed by atoms with E-state index in [2.05, 4.69) is 49.9 Å². The molecule has 132 valence electrons. The number of hydrogen-bond acceptors (Lipinski definition) is 5. The normalized spacial score (nSPS) is 20.8. The van der Waals surface area contributed by atoms with Crippen LogP contribution < -0.4 is 4.90 Å². The number of piperidine rings is 2. The molecule has 0 atom stereocenters. The molecule has 2 aliphatic rings. The van der Waals surface area contributed by atoms with E-state index in [0.29, 0.717) is 5.41 Å². The molecule has 25 heavy (non-hydrogen) atoms. The van der Waals surface area contributed by atoms with Crippen molar-refractivity contribution in [1.82, 2.24) is 19.9 Å². The molecule has 0 saturated carbocycles. The first-order chi connectivity index (χ1) is 12.2. The number of aryl methyl sites for hydroxylation is 1. The smallest absolute Gasteiger partial charge is 0.147 e. The van der Waals surface area contributed by atoms with E-state index in [1.165, 1.54) is 44.5 Å². The van der Waals surface area contributed by atoms with Crippen molar-refractivity contribution in [3.05, 3.63) is 48.2 Å². The first-order valence-electron chi connectivity index (χ1n) is 9.38. The fraction of sp³-hybridized carbons (Fsp3) is 0.550. The summed E-state index contributed by atoms with van der Waals surface area (Å²) in [5.41, 5.74) is 2.79. The molecule has 2 fully saturated rings. The Kier molecular flexibility index (Phi) is 4.66. The average Bonchev–Trinajstić information content (AvgIpc) is 2.63. The van der Waals surface area contributed by atoms with E-state index in [4.69, 9.17) is 0 Å². The van der Waals surface area contributed by atoms with Gasteiger partial charge in [0.2, 0.25) is 0 Å². The van der Waals surface area contributed by atoms with E-state index in [-0.39, 0.29) is 0 Å². The molecule has 4 heterocycles. The highest BCUT2D eigenvalue weighted by Crippen LogP contribution is 2.40. The van der Waals surface area contributed by atoms with Crippen LogP contribution in [-0.2, 0) is 6.54 Å². The largest absolute Gasteiger partial charge is 0.355 e. The number of anilines is 1. The minimum absolute atomic E-state index is 0.473. The molecule has 0 N–H and O–H groups in total. The summed E-state index contributed by atoms with van der Waals surface area (Å²) in [6.07, 6.45) is 10.6. The first-order valence-corrected chi connectivity index (χ1v) is 9.38. The zero-order valence-electron chi connectivity index (χ0n) is 15.1. The molecule has 2 saturated heterocycles. The Morgan fingerprint density at radius 2 is 1.96 bits per heavy atom. The molecule has 4 rings (SSSR count). The van der Waals surface area contributed by atoms with Crippen LogP contribution in [0.1, 0.15) is 37.1 Å². The van der Waals surface area contributed by atoms with E-state index in [1.807, 2.05) is 6.20 Å². The van der Waals surface area contributed by atoms with Gasteiger partial charge in [-0.15, -0.1) is 0 Å². The maximum atomic E-state index is 4.69. The van der Waals surface area contributed by atoms with Gasteiger partial charge in [-0.05, 0) is 56.7 Å². The van der Waals surface area contributed by atoms with Crippen LogP contribution >= 0.6 is 0 Å². The molecule has 0 aromatic carbocycles. The van der Waals surface area contributed by atoms with Crippen LogP contribution in [0.25, 0.3) is 0 Å². The molecule has 0 bridgehead atoms. The number of likely N-dealkylation sites (tertiary alicyclic amines) is 1. The summed E-state index contributed by atoms with van der Waals surface area (Å²) >= 11 is 0. The maximum Gasteiger partial charge on any atom is 0.147 e. The van der Waals surface area contributed by atoms with Gasteiger partial charge in [-0.2, -0.15) is 0 Å². The van der Waals surface area contributed by atoms with E-state index in [9.17, 15) is 0 Å². The van der Waals surface area contributed by atoms with Crippen molar-refractivity contribution in [2.75, 3.05) is 31.1 Å². The third-order valence-electron chi connectivity index (χ3n) is 5.77. The van der Waals surface area contributed by atoms with Crippen molar-refractivity contribution in [3.63, 3.8) is 0 Å². The zero-order valence-corrected chi connectivity index (χ0v) is 15.1. The Hall–Kier alpha value is -2.01. The zero-order chi connectivity index (χ0) is 17.1. The highest BCUT2D eigenvalue weighted by molar-refractivity contribution is 5.35. The lowest BCUT2D eigenvalue weighted by Crippen LogP contribution is -2.49. The number of aromatic nitrogens is 3. The van der Waals surface area contributed by atoms with E-state index >= 15 is 0 Å². The minimum Gasteiger partial charge on any atom is -0.355 e. The van der Waals surface area contributed by atoms with Crippen molar-refractivity contribution in [1.29, 1.82) is 0 Å². The quantitative estimate of drug-likeness (QED) is 0.861. The lowest BCUT2D eigenvalue weighted by molar-refractivity contribution is 0.0597. The summed E-state index contributed by atoms with van der Waals surface area (Å²) in [4.78, 5) is 18.4. The van der Waals surface area contributed by atoms with Crippen molar-refractivity contribution in [2.45, 2.75) is 39.2 Å². The highest BCUT2D eigenvalue weighted by Gasteiger charge is 2.38. The van der Waals surface area contributed by atoms with Gasteiger partial charge in [0.1, 0.15) is 5.82 Å². The molecule has 2 aliphatic heterocycles. The molecule has 0 unspecified atom stereocenters. The molecule has 0 aliphatic carbocycles. The lowest BCUT2D eigenvalue weighted by atomic mass is 9.72. The number of pyridine rings is 1. The number of hydrogen-bond donors (Lipinski definition) is 0. The molecular weight excluding hydrogens is 310 g/mol. The van der Waals surface area contributed by atoms with Gasteiger partial charge in [-0.1, -0.05) is 6.07 Å². The predicted molar refractivity (Wildman–Crippen MR) is 99.4 cm³/mol. The second-order valence-electron chi connectivity index (χ2n) is 7.64. The summed E-state index contributed by atoms with van der Waals surface area (Å²) in [6, 6.07) is 6.35. The van der Waals surface area contributed by atoms with E-state index in [0.717, 1.165) is 31.1 Å².